The molecule has 1 saturated heterocycles. The van der Waals surface area contributed by atoms with E-state index in [4.69, 9.17) is 0 Å². The van der Waals surface area contributed by atoms with Crippen LogP contribution in [0.3, 0.4) is 0 Å². The normalized spacial score (nSPS) is 32.6. The molecule has 6 nitrogen and oxygen atoms in total. The summed E-state index contributed by atoms with van der Waals surface area (Å²) in [4.78, 5) is 17.5. The Bertz CT molecular complexity index is 1120. The fourth-order valence-corrected chi connectivity index (χ4v) is 9.62. The molecule has 1 spiro atoms. The van der Waals surface area contributed by atoms with Gasteiger partial charge in [0.2, 0.25) is 15.9 Å². The van der Waals surface area contributed by atoms with Gasteiger partial charge in [-0.1, -0.05) is 19.9 Å². The number of aryl methyl sites for hydroxylation is 1. The highest BCUT2D eigenvalue weighted by Crippen LogP contribution is 2.70. The van der Waals surface area contributed by atoms with E-state index in [1.165, 1.54) is 0 Å². The Morgan fingerprint density at radius 3 is 2.90 bits per heavy atom. The zero-order valence-corrected chi connectivity index (χ0v) is 18.5. The number of nitrogens with zero attached hydrogens (tertiary/aromatic N) is 2. The number of rotatable bonds is 3. The Hall–Kier alpha value is -1.51. The van der Waals surface area contributed by atoms with E-state index in [2.05, 4.69) is 18.8 Å². The predicted octanol–water partition coefficient (Wildman–Crippen LogP) is 3.40. The van der Waals surface area contributed by atoms with Crippen molar-refractivity contribution in [3.63, 3.8) is 0 Å². The van der Waals surface area contributed by atoms with Crippen LogP contribution in [0.4, 0.5) is 0 Å². The quantitative estimate of drug-likeness (QED) is 0.800. The van der Waals surface area contributed by atoms with Gasteiger partial charge in [0.25, 0.3) is 0 Å². The van der Waals surface area contributed by atoms with E-state index in [0.29, 0.717) is 11.5 Å². The first kappa shape index (κ1) is 19.5. The highest BCUT2D eigenvalue weighted by Gasteiger charge is 2.72. The van der Waals surface area contributed by atoms with Gasteiger partial charge >= 0.3 is 0 Å². The number of thiazole rings is 1. The van der Waals surface area contributed by atoms with Gasteiger partial charge in [0.1, 0.15) is 0 Å². The van der Waals surface area contributed by atoms with Crippen LogP contribution in [0.2, 0.25) is 0 Å². The maximum Gasteiger partial charge on any atom is 0.239 e. The molecule has 2 bridgehead atoms. The van der Waals surface area contributed by atoms with Crippen LogP contribution in [0.25, 0.3) is 10.2 Å². The molecule has 1 aromatic heterocycles. The Morgan fingerprint density at radius 2 is 2.17 bits per heavy atom. The van der Waals surface area contributed by atoms with Crippen LogP contribution < -0.4 is 0 Å². The Labute approximate surface area is 175 Å². The first-order valence-corrected chi connectivity index (χ1v) is 12.6. The summed E-state index contributed by atoms with van der Waals surface area (Å²) in [7, 11) is -3.66. The summed E-state index contributed by atoms with van der Waals surface area (Å²) in [6, 6.07) is 5.21. The number of fused-ring (bicyclic) bond motifs is 2. The average Bonchev–Trinajstić information content (AvgIpc) is 3.25. The number of aromatic nitrogens is 1. The molecule has 29 heavy (non-hydrogen) atoms. The first-order chi connectivity index (χ1) is 13.5. The molecule has 1 amide bonds. The number of sulfonamides is 1. The Kier molecular flexibility index (Phi) is 4.04. The molecule has 1 aromatic carbocycles. The minimum absolute atomic E-state index is 0.0556. The summed E-state index contributed by atoms with van der Waals surface area (Å²) >= 11 is 1.58. The van der Waals surface area contributed by atoms with Gasteiger partial charge in [-0.2, -0.15) is 0 Å². The monoisotopic (exact) mass is 434 g/mol. The minimum Gasteiger partial charge on any atom is -0.388 e. The summed E-state index contributed by atoms with van der Waals surface area (Å²) in [6.45, 7) is 6.25. The number of hydrogen-bond acceptors (Lipinski definition) is 6. The van der Waals surface area contributed by atoms with Crippen molar-refractivity contribution in [1.82, 2.24) is 9.29 Å². The number of carbonyl (C=O) groups excluding carboxylic acids is 1. The second-order valence-electron chi connectivity index (χ2n) is 9.49. The average molecular weight is 435 g/mol. The predicted molar refractivity (Wildman–Crippen MR) is 112 cm³/mol. The topological polar surface area (TPSA) is 87.6 Å². The fourth-order valence-electron chi connectivity index (χ4n) is 6.26. The van der Waals surface area contributed by atoms with Gasteiger partial charge < -0.3 is 5.11 Å². The maximum absolute atomic E-state index is 13.1. The first-order valence-electron chi connectivity index (χ1n) is 10.2. The van der Waals surface area contributed by atoms with Crippen LogP contribution in [0, 0.1) is 23.7 Å². The van der Waals surface area contributed by atoms with Crippen molar-refractivity contribution >= 4 is 37.5 Å². The van der Waals surface area contributed by atoms with Crippen molar-refractivity contribution in [2.24, 2.45) is 16.7 Å². The van der Waals surface area contributed by atoms with Crippen molar-refractivity contribution in [3.05, 3.63) is 28.8 Å². The Balaban J connectivity index is 1.41. The molecule has 1 N–H and O–H groups in total. The van der Waals surface area contributed by atoms with E-state index in [1.54, 1.807) is 23.5 Å². The lowest BCUT2D eigenvalue weighted by atomic mass is 9.69. The lowest BCUT2D eigenvalue weighted by molar-refractivity contribution is -0.131. The van der Waals surface area contributed by atoms with Crippen molar-refractivity contribution in [2.75, 3.05) is 5.75 Å². The molecular formula is C21H26N2O4S2. The van der Waals surface area contributed by atoms with Gasteiger partial charge in [-0.05, 0) is 55.2 Å². The largest absolute Gasteiger partial charge is 0.388 e. The number of aliphatic hydroxyl groups excluding tert-OH is 1. The molecule has 4 atom stereocenters. The standard InChI is InChI=1S/C21H26N2O4S2/c1-12-22-15-8-13(4-5-17(15)28-12)16(24)10-19(25)23-18-9-14-6-7-21(18,20(14,2)3)11-29(23,26)27/h4-5,8,14,16,18,24H,6-7,9-11H2,1-3H3/t14?,16-,18+,21+/m0/s1. The maximum atomic E-state index is 13.1. The van der Waals surface area contributed by atoms with E-state index >= 15 is 0 Å². The smallest absolute Gasteiger partial charge is 0.239 e. The van der Waals surface area contributed by atoms with Crippen LogP contribution >= 0.6 is 11.3 Å². The molecule has 1 unspecified atom stereocenters. The third-order valence-corrected chi connectivity index (χ3v) is 10.8. The molecule has 5 rings (SSSR count). The van der Waals surface area contributed by atoms with E-state index < -0.39 is 22.0 Å². The molecule has 0 radical (unpaired) electrons. The van der Waals surface area contributed by atoms with Gasteiger partial charge in [0.05, 0.1) is 39.5 Å². The highest BCUT2D eigenvalue weighted by atomic mass is 32.2. The summed E-state index contributed by atoms with van der Waals surface area (Å²) in [6.07, 6.45) is 1.37. The van der Waals surface area contributed by atoms with Gasteiger partial charge in [0, 0.05) is 5.41 Å². The molecule has 2 heterocycles. The van der Waals surface area contributed by atoms with Crippen molar-refractivity contribution in [3.8, 4) is 0 Å². The van der Waals surface area contributed by atoms with Gasteiger partial charge in [-0.3, -0.25) is 4.79 Å². The molecule has 1 aliphatic heterocycles. The number of aliphatic hydroxyl groups is 1. The van der Waals surface area contributed by atoms with Crippen molar-refractivity contribution < 1.29 is 18.3 Å². The molecule has 2 aromatic rings. The van der Waals surface area contributed by atoms with Gasteiger partial charge in [-0.25, -0.2) is 17.7 Å². The SMILES string of the molecule is Cc1nc2cc([C@@H](O)CC(=O)N3[C@@H]4CC5CC[C@]4(CS3(=O)=O)C5(C)C)ccc2s1. The van der Waals surface area contributed by atoms with E-state index in [-0.39, 0.29) is 29.0 Å². The van der Waals surface area contributed by atoms with Gasteiger partial charge in [-0.15, -0.1) is 11.3 Å². The second-order valence-corrected chi connectivity index (χ2v) is 12.6. The Morgan fingerprint density at radius 1 is 1.41 bits per heavy atom. The zero-order chi connectivity index (χ0) is 20.8. The molecule has 2 aliphatic carbocycles. The third kappa shape index (κ3) is 2.58. The van der Waals surface area contributed by atoms with E-state index in [1.807, 2.05) is 13.0 Å². The molecule has 3 aliphatic rings. The van der Waals surface area contributed by atoms with Gasteiger partial charge in [0.15, 0.2) is 0 Å². The number of carbonyl (C=O) groups is 1. The highest BCUT2D eigenvalue weighted by molar-refractivity contribution is 7.90. The summed E-state index contributed by atoms with van der Waals surface area (Å²) in [5, 5.41) is 11.6. The van der Waals surface area contributed by atoms with Crippen LogP contribution in [-0.4, -0.2) is 40.5 Å². The van der Waals surface area contributed by atoms with Crippen molar-refractivity contribution in [1.29, 1.82) is 0 Å². The number of amides is 1. The van der Waals surface area contributed by atoms with Crippen LogP contribution in [-0.2, 0) is 14.8 Å². The van der Waals surface area contributed by atoms with E-state index in [9.17, 15) is 18.3 Å². The number of hydrogen-bond donors (Lipinski definition) is 1. The molecule has 8 heteroatoms. The minimum atomic E-state index is -3.66. The molecule has 156 valence electrons. The van der Waals surface area contributed by atoms with Crippen LogP contribution in [0.5, 0.6) is 0 Å². The number of benzene rings is 1. The second kappa shape index (κ2) is 6.02. The molecule has 3 fully saturated rings. The van der Waals surface area contributed by atoms with Crippen LogP contribution in [0.15, 0.2) is 18.2 Å². The zero-order valence-electron chi connectivity index (χ0n) is 16.9. The van der Waals surface area contributed by atoms with Crippen LogP contribution in [0.1, 0.15) is 56.2 Å². The van der Waals surface area contributed by atoms with E-state index in [0.717, 1.165) is 38.8 Å². The molecule has 2 saturated carbocycles. The summed E-state index contributed by atoms with van der Waals surface area (Å²) in [5.74, 6) is 0.0240. The molecular weight excluding hydrogens is 408 g/mol. The summed E-state index contributed by atoms with van der Waals surface area (Å²) in [5.41, 5.74) is 0.967. The lowest BCUT2D eigenvalue weighted by Gasteiger charge is -2.37. The summed E-state index contributed by atoms with van der Waals surface area (Å²) < 4.78 is 28.2. The lowest BCUT2D eigenvalue weighted by Crippen LogP contribution is -2.44. The fraction of sp³-hybridized carbons (Fsp3) is 0.619. The van der Waals surface area contributed by atoms with Crippen molar-refractivity contribution in [2.45, 2.75) is 58.6 Å². The third-order valence-electron chi connectivity index (χ3n) is 7.93.